The third-order valence-corrected chi connectivity index (χ3v) is 2.26. The zero-order valence-corrected chi connectivity index (χ0v) is 15.2. The first-order valence-electron chi connectivity index (χ1n) is 5.41. The van der Waals surface area contributed by atoms with E-state index < -0.39 is 70.4 Å². The third-order valence-electron chi connectivity index (χ3n) is 1.46. The number of rotatable bonds is 8. The van der Waals surface area contributed by atoms with E-state index in [1.165, 1.54) is 0 Å². The van der Waals surface area contributed by atoms with Gasteiger partial charge < -0.3 is 28.2 Å². The first-order chi connectivity index (χ1) is 10.6. The minimum absolute atomic E-state index is 0. The standard InChI is InChI=1S/2C4H6O7S.Mg/c2*5-3(6)1-2-4(7)11-12(8,9)10;/h2*1-2H2,(H,5,6)(H,8,9,10);/q;;+2/p-2. The van der Waals surface area contributed by atoms with Crippen molar-refractivity contribution in [3.63, 3.8) is 0 Å². The third kappa shape index (κ3) is 27.6. The van der Waals surface area contributed by atoms with Gasteiger partial charge in [-0.2, -0.15) is 16.8 Å². The van der Waals surface area contributed by atoms with Gasteiger partial charge in [0.15, 0.2) is 0 Å². The van der Waals surface area contributed by atoms with Crippen LogP contribution in [0.4, 0.5) is 0 Å². The Morgan fingerprint density at radius 2 is 0.920 bits per heavy atom. The van der Waals surface area contributed by atoms with Gasteiger partial charge in [-0.15, -0.1) is 0 Å². The van der Waals surface area contributed by atoms with Gasteiger partial charge in [-0.3, -0.25) is 18.7 Å². The minimum Gasteiger partial charge on any atom is -0.550 e. The maximum absolute atomic E-state index is 10.3. The molecule has 0 aliphatic heterocycles. The van der Waals surface area contributed by atoms with Crippen molar-refractivity contribution in [3.05, 3.63) is 0 Å². The summed E-state index contributed by atoms with van der Waals surface area (Å²) >= 11 is 0. The van der Waals surface area contributed by atoms with Gasteiger partial charge in [0.2, 0.25) is 0 Å². The molecule has 0 amide bonds. The van der Waals surface area contributed by atoms with Crippen molar-refractivity contribution in [2.45, 2.75) is 25.7 Å². The largest absolute Gasteiger partial charge is 2.00 e. The van der Waals surface area contributed by atoms with Crippen LogP contribution in [0.5, 0.6) is 0 Å². The zero-order chi connectivity index (χ0) is 19.6. The molecule has 140 valence electrons. The van der Waals surface area contributed by atoms with E-state index in [9.17, 15) is 46.2 Å². The van der Waals surface area contributed by atoms with E-state index in [1.54, 1.807) is 0 Å². The summed E-state index contributed by atoms with van der Waals surface area (Å²) in [7, 11) is -9.67. The number of carboxylic acid groups (broad SMARTS) is 2. The van der Waals surface area contributed by atoms with Crippen molar-refractivity contribution < 1.29 is 63.7 Å². The van der Waals surface area contributed by atoms with E-state index in [1.807, 2.05) is 0 Å². The molecule has 0 aromatic heterocycles. The molecular weight excluding hydrogens is 409 g/mol. The molecule has 0 saturated heterocycles. The number of carboxylic acids is 2. The quantitative estimate of drug-likeness (QED) is 0.278. The monoisotopic (exact) mass is 418 g/mol. The van der Waals surface area contributed by atoms with Gasteiger partial charge >= 0.3 is 55.8 Å². The fraction of sp³-hybridized carbons (Fsp3) is 0.500. The van der Waals surface area contributed by atoms with Crippen molar-refractivity contribution >= 4 is 67.7 Å². The molecule has 0 rings (SSSR count). The number of carbonyl (C=O) groups excluding carboxylic acids is 4. The molecule has 0 spiro atoms. The first-order valence-corrected chi connectivity index (χ1v) is 8.14. The Labute approximate surface area is 157 Å². The van der Waals surface area contributed by atoms with Crippen LogP contribution in [0.1, 0.15) is 25.7 Å². The van der Waals surface area contributed by atoms with Gasteiger partial charge in [0.1, 0.15) is 0 Å². The van der Waals surface area contributed by atoms with E-state index in [0.717, 1.165) is 0 Å². The predicted molar refractivity (Wildman–Crippen MR) is 69.5 cm³/mol. The summed E-state index contributed by atoms with van der Waals surface area (Å²) in [4.78, 5) is 40.1. The maximum atomic E-state index is 10.3. The van der Waals surface area contributed by atoms with Gasteiger partial charge in [0, 0.05) is 11.9 Å². The number of hydrogen-bond acceptors (Lipinski definition) is 12. The van der Waals surface area contributed by atoms with E-state index in [0.29, 0.717) is 0 Å². The van der Waals surface area contributed by atoms with Crippen LogP contribution in [0.15, 0.2) is 0 Å². The zero-order valence-electron chi connectivity index (χ0n) is 12.1. The predicted octanol–water partition coefficient (Wildman–Crippen LogP) is -4.66. The Hall–Kier alpha value is -1.53. The SMILES string of the molecule is O=C([O-])CCC(=O)OS(=O)(=O)O.O=C([O-])CCC(=O)OS(=O)(=O)O.[Mg+2]. The molecule has 0 bridgehead atoms. The van der Waals surface area contributed by atoms with Crippen LogP contribution in [0.3, 0.4) is 0 Å². The molecule has 17 heteroatoms. The molecule has 2 N–H and O–H groups in total. The van der Waals surface area contributed by atoms with Crippen molar-refractivity contribution in [1.82, 2.24) is 0 Å². The summed E-state index contributed by atoms with van der Waals surface area (Å²) < 4.78 is 62.0. The van der Waals surface area contributed by atoms with Crippen LogP contribution < -0.4 is 10.2 Å². The van der Waals surface area contributed by atoms with Gasteiger partial charge in [-0.1, -0.05) is 0 Å². The molecule has 14 nitrogen and oxygen atoms in total. The first kappa shape index (κ1) is 28.3. The molecule has 0 unspecified atom stereocenters. The van der Waals surface area contributed by atoms with E-state index in [-0.39, 0.29) is 23.1 Å². The Morgan fingerprint density at radius 1 is 0.680 bits per heavy atom. The Morgan fingerprint density at radius 3 is 1.08 bits per heavy atom. The summed E-state index contributed by atoms with van der Waals surface area (Å²) in [5, 5.41) is 19.5. The smallest absolute Gasteiger partial charge is 0.550 e. The second-order valence-corrected chi connectivity index (χ2v) is 5.55. The summed E-state index contributed by atoms with van der Waals surface area (Å²) in [6.45, 7) is 0. The molecule has 0 aromatic rings. The molecule has 0 radical (unpaired) electrons. The molecule has 0 saturated carbocycles. The second-order valence-electron chi connectivity index (χ2n) is 3.51. The van der Waals surface area contributed by atoms with Crippen LogP contribution in [0, 0.1) is 0 Å². The fourth-order valence-electron chi connectivity index (χ4n) is 0.726. The van der Waals surface area contributed by atoms with Crippen molar-refractivity contribution in [1.29, 1.82) is 0 Å². The molecule has 0 heterocycles. The number of carbonyl (C=O) groups is 4. The summed E-state index contributed by atoms with van der Waals surface area (Å²) in [5.74, 6) is -5.71. The van der Waals surface area contributed by atoms with Crippen LogP contribution in [0.2, 0.25) is 0 Å². The van der Waals surface area contributed by atoms with Gasteiger partial charge in [-0.25, -0.2) is 0 Å². The van der Waals surface area contributed by atoms with Crippen LogP contribution >= 0.6 is 0 Å². The topological polar surface area (TPSA) is 242 Å². The average Bonchev–Trinajstić information content (AvgIpc) is 2.30. The molecule has 0 aliphatic carbocycles. The molecule has 0 aromatic carbocycles. The van der Waals surface area contributed by atoms with Gasteiger partial charge in [0.25, 0.3) is 0 Å². The van der Waals surface area contributed by atoms with Crippen molar-refractivity contribution in [2.24, 2.45) is 0 Å². The number of hydrogen-bond donors (Lipinski definition) is 2. The van der Waals surface area contributed by atoms with Crippen LogP contribution in [-0.4, -0.2) is 72.9 Å². The van der Waals surface area contributed by atoms with Crippen molar-refractivity contribution in [3.8, 4) is 0 Å². The van der Waals surface area contributed by atoms with E-state index in [2.05, 4.69) is 8.37 Å². The van der Waals surface area contributed by atoms with Crippen LogP contribution in [0.25, 0.3) is 0 Å². The molecule has 0 aliphatic rings. The Kier molecular flexibility index (Phi) is 14.5. The molecular formula is C8H10MgO14S2. The summed E-state index contributed by atoms with van der Waals surface area (Å²) in [5.41, 5.74) is 0. The maximum Gasteiger partial charge on any atom is 2.00 e. The van der Waals surface area contributed by atoms with E-state index >= 15 is 0 Å². The fourth-order valence-corrected chi connectivity index (χ4v) is 1.36. The van der Waals surface area contributed by atoms with Gasteiger partial charge in [-0.05, 0) is 12.8 Å². The summed E-state index contributed by atoms with van der Waals surface area (Å²) in [6, 6.07) is 0. The number of aliphatic carboxylic acids is 2. The van der Waals surface area contributed by atoms with Gasteiger partial charge in [0.05, 0.1) is 12.8 Å². The van der Waals surface area contributed by atoms with E-state index in [4.69, 9.17) is 9.11 Å². The normalized spacial score (nSPS) is 10.3. The van der Waals surface area contributed by atoms with Crippen LogP contribution in [-0.2, 0) is 48.3 Å². The second kappa shape index (κ2) is 12.8. The average molecular weight is 419 g/mol. The Bertz CT molecular complexity index is 618. The molecule has 0 fully saturated rings. The Balaban J connectivity index is -0.000000372. The molecule has 0 atom stereocenters. The minimum atomic E-state index is -4.83. The van der Waals surface area contributed by atoms with Crippen molar-refractivity contribution in [2.75, 3.05) is 0 Å². The molecule has 25 heavy (non-hydrogen) atoms. The summed E-state index contributed by atoms with van der Waals surface area (Å²) in [6.07, 6.45) is -2.65.